The van der Waals surface area contributed by atoms with Crippen LogP contribution < -0.4 is 10.9 Å². The highest BCUT2D eigenvalue weighted by Gasteiger charge is 2.38. The summed E-state index contributed by atoms with van der Waals surface area (Å²) in [4.78, 5) is 52.3. The first kappa shape index (κ1) is 29.1. The predicted octanol–water partition coefficient (Wildman–Crippen LogP) is 4.21. The topological polar surface area (TPSA) is 298 Å². The molecule has 3 aromatic rings. The number of hydrogen-bond donors (Lipinski definition) is 3. The van der Waals surface area contributed by atoms with Crippen LogP contribution in [0.4, 0.5) is 39.8 Å². The maximum absolute atomic E-state index is 11.5. The van der Waals surface area contributed by atoms with Crippen molar-refractivity contribution in [3.63, 3.8) is 0 Å². The molecule has 0 spiro atoms. The summed E-state index contributed by atoms with van der Waals surface area (Å²) in [5.74, 6) is -0.674. The summed E-state index contributed by atoms with van der Waals surface area (Å²) in [6.07, 6.45) is -1.36. The van der Waals surface area contributed by atoms with Crippen LogP contribution in [0.1, 0.15) is 11.7 Å². The van der Waals surface area contributed by atoms with E-state index < -0.39 is 65.1 Å². The minimum absolute atomic E-state index is 0.101. The Hall–Kier alpha value is -6.93. The maximum Gasteiger partial charge on any atom is 0.301 e. The minimum atomic E-state index is -1.36. The molecule has 21 heteroatoms. The third kappa shape index (κ3) is 6.13. The predicted molar refractivity (Wildman–Crippen MR) is 146 cm³/mol. The second-order valence-corrected chi connectivity index (χ2v) is 8.29. The van der Waals surface area contributed by atoms with Crippen molar-refractivity contribution in [3.05, 3.63) is 117 Å². The van der Waals surface area contributed by atoms with Gasteiger partial charge in [-0.05, 0) is 12.1 Å². The molecule has 0 aromatic heterocycles. The largest absolute Gasteiger partial charge is 0.461 e. The molecule has 1 aliphatic heterocycles. The van der Waals surface area contributed by atoms with Gasteiger partial charge in [-0.3, -0.25) is 66.8 Å². The number of ether oxygens (including phenoxy) is 1. The van der Waals surface area contributed by atoms with E-state index in [1.165, 1.54) is 18.2 Å². The molecule has 3 N–H and O–H groups in total. The first-order valence-corrected chi connectivity index (χ1v) is 11.4. The summed E-state index contributed by atoms with van der Waals surface area (Å²) in [5, 5.41) is 72.7. The van der Waals surface area contributed by atoms with Crippen molar-refractivity contribution in [2.24, 2.45) is 10.2 Å². The first-order valence-electron chi connectivity index (χ1n) is 11.4. The van der Waals surface area contributed by atoms with Crippen molar-refractivity contribution in [1.29, 1.82) is 5.41 Å². The van der Waals surface area contributed by atoms with Gasteiger partial charge in [0.05, 0.1) is 36.7 Å². The van der Waals surface area contributed by atoms with Crippen LogP contribution in [-0.4, -0.2) is 41.9 Å². The molecule has 1 unspecified atom stereocenters. The molecule has 3 aromatic carbocycles. The Morgan fingerprint density at radius 3 is 1.63 bits per heavy atom. The summed E-state index contributed by atoms with van der Waals surface area (Å²) in [6, 6.07) is 10.3. The van der Waals surface area contributed by atoms with E-state index in [0.717, 1.165) is 30.3 Å². The molecule has 43 heavy (non-hydrogen) atoms. The molecule has 0 saturated carbocycles. The molecule has 4 rings (SSSR count). The lowest BCUT2D eigenvalue weighted by Crippen LogP contribution is -2.20. The SMILES string of the molecule is N=C1OC(c2cccc([N+](=O)[O-])c2)C(=NNc2ccc([N+](=O)[O-])cc2[N+](=O)[O-])C1=NNc1ccc([N+](=O)[O-])cc1[N+](=O)[O-]. The Morgan fingerprint density at radius 2 is 1.14 bits per heavy atom. The Labute approximate surface area is 236 Å². The Balaban J connectivity index is 1.80. The highest BCUT2D eigenvalue weighted by atomic mass is 16.6. The average Bonchev–Trinajstić information content (AvgIpc) is 3.29. The van der Waals surface area contributed by atoms with Gasteiger partial charge in [-0.15, -0.1) is 0 Å². The Bertz CT molecular complexity index is 1790. The third-order valence-electron chi connectivity index (χ3n) is 5.69. The molecular weight excluding hydrogens is 580 g/mol. The number of hydrogen-bond acceptors (Lipinski definition) is 16. The van der Waals surface area contributed by atoms with Crippen molar-refractivity contribution in [3.8, 4) is 0 Å². The van der Waals surface area contributed by atoms with Crippen LogP contribution in [0.5, 0.6) is 0 Å². The number of nitrogens with zero attached hydrogens (tertiary/aromatic N) is 7. The van der Waals surface area contributed by atoms with Gasteiger partial charge < -0.3 is 4.74 Å². The van der Waals surface area contributed by atoms with Gasteiger partial charge in [-0.1, -0.05) is 12.1 Å². The highest BCUT2D eigenvalue weighted by Crippen LogP contribution is 2.33. The van der Waals surface area contributed by atoms with Crippen LogP contribution >= 0.6 is 0 Å². The van der Waals surface area contributed by atoms with E-state index in [9.17, 15) is 50.6 Å². The quantitative estimate of drug-likeness (QED) is 0.219. The summed E-state index contributed by atoms with van der Waals surface area (Å²) in [7, 11) is 0. The summed E-state index contributed by atoms with van der Waals surface area (Å²) in [5.41, 5.74) is 0.441. The van der Waals surface area contributed by atoms with Crippen LogP contribution in [0.2, 0.25) is 0 Å². The average molecular weight is 594 g/mol. The number of anilines is 2. The zero-order chi connectivity index (χ0) is 31.4. The Kier molecular flexibility index (Phi) is 7.89. The van der Waals surface area contributed by atoms with Crippen LogP contribution in [0, 0.1) is 56.0 Å². The molecule has 1 saturated heterocycles. The normalized spacial score (nSPS) is 16.0. The molecule has 0 radical (unpaired) electrons. The molecular formula is C22H14N10O11. The second kappa shape index (κ2) is 11.7. The van der Waals surface area contributed by atoms with E-state index in [1.54, 1.807) is 0 Å². The monoisotopic (exact) mass is 594 g/mol. The lowest BCUT2D eigenvalue weighted by Gasteiger charge is -2.11. The van der Waals surface area contributed by atoms with Gasteiger partial charge in [-0.2, -0.15) is 10.2 Å². The zero-order valence-corrected chi connectivity index (χ0v) is 21.0. The number of rotatable bonds is 10. The van der Waals surface area contributed by atoms with E-state index in [0.29, 0.717) is 12.1 Å². The van der Waals surface area contributed by atoms with E-state index in [2.05, 4.69) is 21.1 Å². The van der Waals surface area contributed by atoms with Crippen molar-refractivity contribution >= 4 is 57.1 Å². The van der Waals surface area contributed by atoms with Gasteiger partial charge >= 0.3 is 11.4 Å². The van der Waals surface area contributed by atoms with Gasteiger partial charge in [0.15, 0.2) is 11.8 Å². The molecule has 1 heterocycles. The number of hydrazone groups is 2. The van der Waals surface area contributed by atoms with Crippen LogP contribution in [0.25, 0.3) is 0 Å². The summed E-state index contributed by atoms with van der Waals surface area (Å²) in [6.45, 7) is 0. The lowest BCUT2D eigenvalue weighted by atomic mass is 10.0. The number of nitro benzene ring substituents is 5. The Morgan fingerprint density at radius 1 is 0.651 bits per heavy atom. The van der Waals surface area contributed by atoms with E-state index in [1.807, 2.05) is 0 Å². The van der Waals surface area contributed by atoms with Crippen molar-refractivity contribution in [2.45, 2.75) is 6.10 Å². The van der Waals surface area contributed by atoms with Gasteiger partial charge in [0.1, 0.15) is 17.1 Å². The fourth-order valence-electron chi connectivity index (χ4n) is 3.71. The first-order chi connectivity index (χ1) is 20.4. The number of nitro groups is 5. The molecule has 1 fully saturated rings. The summed E-state index contributed by atoms with van der Waals surface area (Å²) >= 11 is 0. The van der Waals surface area contributed by atoms with E-state index in [4.69, 9.17) is 10.1 Å². The number of nitrogens with one attached hydrogen (secondary N) is 3. The fraction of sp³-hybridized carbons (Fsp3) is 0.0455. The fourth-order valence-corrected chi connectivity index (χ4v) is 3.71. The van der Waals surface area contributed by atoms with Gasteiger partial charge in [0, 0.05) is 29.8 Å². The van der Waals surface area contributed by atoms with Crippen molar-refractivity contribution < 1.29 is 29.4 Å². The van der Waals surface area contributed by atoms with Crippen LogP contribution in [0.3, 0.4) is 0 Å². The molecule has 21 nitrogen and oxygen atoms in total. The molecule has 1 aliphatic rings. The third-order valence-corrected chi connectivity index (χ3v) is 5.69. The number of benzene rings is 3. The molecule has 0 bridgehead atoms. The van der Waals surface area contributed by atoms with Crippen LogP contribution in [-0.2, 0) is 4.74 Å². The van der Waals surface area contributed by atoms with Crippen LogP contribution in [0.15, 0.2) is 70.9 Å². The summed E-state index contributed by atoms with van der Waals surface area (Å²) < 4.78 is 5.51. The molecule has 218 valence electrons. The zero-order valence-electron chi connectivity index (χ0n) is 21.0. The maximum atomic E-state index is 11.5. The lowest BCUT2D eigenvalue weighted by molar-refractivity contribution is -0.393. The van der Waals surface area contributed by atoms with Crippen molar-refractivity contribution in [1.82, 2.24) is 0 Å². The second-order valence-electron chi connectivity index (χ2n) is 8.29. The highest BCUT2D eigenvalue weighted by molar-refractivity contribution is 6.69. The van der Waals surface area contributed by atoms with Crippen molar-refractivity contribution in [2.75, 3.05) is 10.9 Å². The molecule has 1 atom stereocenters. The van der Waals surface area contributed by atoms with Gasteiger partial charge in [0.2, 0.25) is 5.90 Å². The number of non-ortho nitro benzene ring substituents is 3. The van der Waals surface area contributed by atoms with Gasteiger partial charge in [-0.25, -0.2) is 0 Å². The molecule has 0 amide bonds. The minimum Gasteiger partial charge on any atom is -0.461 e. The van der Waals surface area contributed by atoms with E-state index >= 15 is 0 Å². The smallest absolute Gasteiger partial charge is 0.301 e. The van der Waals surface area contributed by atoms with E-state index in [-0.39, 0.29) is 28.3 Å². The standard InChI is InChI=1S/C22H14N10O11/c23-22-20(27-25-16-7-5-14(30(37)38)10-18(16)32(41)42)19(21(43-22)11-2-1-3-12(8-11)28(33)34)26-24-15-6-4-13(29(35)36)9-17(15)31(39)40/h1-10,21,23-25H. The molecule has 0 aliphatic carbocycles. The van der Waals surface area contributed by atoms with Gasteiger partial charge in [0.25, 0.3) is 17.1 Å².